The van der Waals surface area contributed by atoms with Gasteiger partial charge < -0.3 is 18.9 Å². The Hall–Kier alpha value is -2.33. The van der Waals surface area contributed by atoms with E-state index in [1.54, 1.807) is 24.3 Å². The smallest absolute Gasteiger partial charge is 0.457 e. The molecule has 3 rings (SSSR count). The summed E-state index contributed by atoms with van der Waals surface area (Å²) in [6.45, 7) is 9.18. The van der Waals surface area contributed by atoms with Crippen molar-refractivity contribution in [1.82, 2.24) is 4.90 Å². The van der Waals surface area contributed by atoms with Crippen LogP contribution in [-0.2, 0) is 15.9 Å². The van der Waals surface area contributed by atoms with Crippen LogP contribution in [0.2, 0.25) is 0 Å². The second-order valence-corrected chi connectivity index (χ2v) is 6.24. The zero-order valence-corrected chi connectivity index (χ0v) is 14.6. The molecule has 0 saturated carbocycles. The van der Waals surface area contributed by atoms with Gasteiger partial charge in [0.25, 0.3) is 0 Å². The third-order valence-corrected chi connectivity index (χ3v) is 3.98. The van der Waals surface area contributed by atoms with E-state index < -0.39 is 0 Å². The summed E-state index contributed by atoms with van der Waals surface area (Å²) in [6.07, 6.45) is 0.976. The van der Waals surface area contributed by atoms with Crippen molar-refractivity contribution in [3.63, 3.8) is 0 Å². The summed E-state index contributed by atoms with van der Waals surface area (Å²) >= 11 is 0. The molecule has 1 heterocycles. The molecule has 0 saturated heterocycles. The van der Waals surface area contributed by atoms with E-state index in [-0.39, 0.29) is 7.12 Å². The fourth-order valence-corrected chi connectivity index (χ4v) is 2.69. The fourth-order valence-electron chi connectivity index (χ4n) is 2.69. The lowest BCUT2D eigenvalue weighted by molar-refractivity contribution is 0.202. The van der Waals surface area contributed by atoms with Crippen LogP contribution in [0.15, 0.2) is 42.5 Å². The molecule has 6 heteroatoms. The first-order valence-corrected chi connectivity index (χ1v) is 8.32. The molecule has 0 N–H and O–H groups in total. The van der Waals surface area contributed by atoms with Crippen molar-refractivity contribution in [1.29, 1.82) is 0 Å². The lowest BCUT2D eigenvalue weighted by Crippen LogP contribution is -2.33. The van der Waals surface area contributed by atoms with E-state index in [2.05, 4.69) is 23.8 Å². The van der Waals surface area contributed by atoms with Crippen LogP contribution in [0.3, 0.4) is 0 Å². The van der Waals surface area contributed by atoms with Crippen LogP contribution < -0.4 is 10.2 Å². The number of benzene rings is 2. The molecule has 2 aromatic rings. The molecule has 0 atom stereocenters. The Labute approximate surface area is 149 Å². The first kappa shape index (κ1) is 17.5. The minimum atomic E-state index is -0.288. The first-order valence-electron chi connectivity index (χ1n) is 8.32. The minimum Gasteiger partial charge on any atom is -0.457 e. The highest BCUT2D eigenvalue weighted by atomic mass is 16.6. The summed E-state index contributed by atoms with van der Waals surface area (Å²) in [5.41, 5.74) is 2.76. The van der Waals surface area contributed by atoms with Crippen molar-refractivity contribution >= 4 is 18.3 Å². The predicted molar refractivity (Wildman–Crippen MR) is 98.5 cm³/mol. The third kappa shape index (κ3) is 4.61. The molecule has 0 spiro atoms. The highest BCUT2D eigenvalue weighted by Crippen LogP contribution is 2.26. The Morgan fingerprint density at radius 2 is 1.92 bits per heavy atom. The maximum atomic E-state index is 6.98. The van der Waals surface area contributed by atoms with Gasteiger partial charge in [-0.1, -0.05) is 18.2 Å². The SMILES string of the molecule is [C-]#[N+]c1ccc(Oc2ccc3c(c2)COB3OCCCN(C)C)cc1. The topological polar surface area (TPSA) is 35.3 Å². The van der Waals surface area contributed by atoms with Crippen LogP contribution in [0, 0.1) is 6.57 Å². The summed E-state index contributed by atoms with van der Waals surface area (Å²) in [4.78, 5) is 5.52. The molecule has 2 aromatic carbocycles. The van der Waals surface area contributed by atoms with E-state index >= 15 is 0 Å². The van der Waals surface area contributed by atoms with Gasteiger partial charge in [0.05, 0.1) is 13.2 Å². The lowest BCUT2D eigenvalue weighted by Gasteiger charge is -2.12. The standard InChI is InChI=1S/C19H21BN2O3/c1-21-16-5-7-17(8-6-16)25-18-9-10-19-15(13-18)14-24-20(19)23-12-4-11-22(2)3/h5-10,13H,4,11-12,14H2,2-3H3. The van der Waals surface area contributed by atoms with E-state index in [0.717, 1.165) is 29.7 Å². The van der Waals surface area contributed by atoms with Crippen LogP contribution in [-0.4, -0.2) is 39.3 Å². The molecule has 128 valence electrons. The molecule has 25 heavy (non-hydrogen) atoms. The molecule has 0 unspecified atom stereocenters. The maximum Gasteiger partial charge on any atom is 0.494 e. The average molecular weight is 336 g/mol. The number of rotatable bonds is 7. The third-order valence-electron chi connectivity index (χ3n) is 3.98. The largest absolute Gasteiger partial charge is 0.494 e. The van der Waals surface area contributed by atoms with Crippen LogP contribution in [0.25, 0.3) is 4.85 Å². The first-order chi connectivity index (χ1) is 12.2. The molecule has 1 aliphatic rings. The normalized spacial score (nSPS) is 13.0. The second kappa shape index (κ2) is 8.17. The number of ether oxygens (including phenoxy) is 1. The molecule has 0 bridgehead atoms. The van der Waals surface area contributed by atoms with Crippen molar-refractivity contribution < 1.29 is 14.0 Å². The maximum absolute atomic E-state index is 6.98. The monoisotopic (exact) mass is 336 g/mol. The van der Waals surface area contributed by atoms with Gasteiger partial charge in [-0.2, -0.15) is 0 Å². The summed E-state index contributed by atoms with van der Waals surface area (Å²) in [5, 5.41) is 0. The van der Waals surface area contributed by atoms with Crippen molar-refractivity contribution in [2.75, 3.05) is 27.2 Å². The van der Waals surface area contributed by atoms with E-state index in [1.807, 2.05) is 18.2 Å². The van der Waals surface area contributed by atoms with Gasteiger partial charge in [-0.05, 0) is 62.4 Å². The van der Waals surface area contributed by atoms with Crippen molar-refractivity contribution in [2.45, 2.75) is 13.0 Å². The average Bonchev–Trinajstić information content (AvgIpc) is 3.01. The second-order valence-electron chi connectivity index (χ2n) is 6.24. The summed E-state index contributed by atoms with van der Waals surface area (Å²) in [7, 11) is 3.82. The Bertz CT molecular complexity index is 756. The highest BCUT2D eigenvalue weighted by Gasteiger charge is 2.30. The predicted octanol–water partition coefficient (Wildman–Crippen LogP) is 3.22. The summed E-state index contributed by atoms with van der Waals surface area (Å²) < 4.78 is 17.4. The Kier molecular flexibility index (Phi) is 5.72. The summed E-state index contributed by atoms with van der Waals surface area (Å²) in [5.74, 6) is 1.47. The zero-order chi connectivity index (χ0) is 17.6. The van der Waals surface area contributed by atoms with Gasteiger partial charge in [0.2, 0.25) is 0 Å². The van der Waals surface area contributed by atoms with Gasteiger partial charge in [0, 0.05) is 6.61 Å². The Morgan fingerprint density at radius 3 is 2.64 bits per heavy atom. The Morgan fingerprint density at radius 1 is 1.16 bits per heavy atom. The summed E-state index contributed by atoms with van der Waals surface area (Å²) in [6, 6.07) is 13.0. The van der Waals surface area contributed by atoms with Crippen molar-refractivity contribution in [3.05, 3.63) is 59.4 Å². The van der Waals surface area contributed by atoms with Crippen LogP contribution in [0.1, 0.15) is 12.0 Å². The number of nitrogens with zero attached hydrogens (tertiary/aromatic N) is 2. The van der Waals surface area contributed by atoms with Gasteiger partial charge in [-0.15, -0.1) is 0 Å². The number of hydrogen-bond acceptors (Lipinski definition) is 4. The van der Waals surface area contributed by atoms with Crippen molar-refractivity contribution in [3.8, 4) is 11.5 Å². The highest BCUT2D eigenvalue weighted by molar-refractivity contribution is 6.62. The van der Waals surface area contributed by atoms with E-state index in [0.29, 0.717) is 24.7 Å². The van der Waals surface area contributed by atoms with Gasteiger partial charge >= 0.3 is 7.12 Å². The van der Waals surface area contributed by atoms with Gasteiger partial charge in [0.15, 0.2) is 5.69 Å². The van der Waals surface area contributed by atoms with Gasteiger partial charge in [-0.3, -0.25) is 0 Å². The molecule has 0 radical (unpaired) electrons. The quantitative estimate of drug-likeness (QED) is 0.442. The molecule has 0 aliphatic carbocycles. The van der Waals surface area contributed by atoms with Crippen LogP contribution in [0.4, 0.5) is 5.69 Å². The molecule has 1 aliphatic heterocycles. The van der Waals surface area contributed by atoms with E-state index in [4.69, 9.17) is 20.6 Å². The van der Waals surface area contributed by atoms with Crippen LogP contribution >= 0.6 is 0 Å². The van der Waals surface area contributed by atoms with Crippen molar-refractivity contribution in [2.24, 2.45) is 0 Å². The molecular formula is C19H21BN2O3. The minimum absolute atomic E-state index is 0.288. The molecule has 5 nitrogen and oxygen atoms in total. The van der Waals surface area contributed by atoms with E-state index in [1.165, 1.54) is 0 Å². The number of fused-ring (bicyclic) bond motifs is 1. The molecule has 0 fully saturated rings. The Balaban J connectivity index is 1.60. The zero-order valence-electron chi connectivity index (χ0n) is 14.6. The molecular weight excluding hydrogens is 315 g/mol. The van der Waals surface area contributed by atoms with Gasteiger partial charge in [0.1, 0.15) is 11.5 Å². The molecule has 0 aromatic heterocycles. The molecule has 0 amide bonds. The lowest BCUT2D eigenvalue weighted by atomic mass is 9.79. The fraction of sp³-hybridized carbons (Fsp3) is 0.316. The number of hydrogen-bond donors (Lipinski definition) is 0. The van der Waals surface area contributed by atoms with Crippen LogP contribution in [0.5, 0.6) is 11.5 Å². The van der Waals surface area contributed by atoms with E-state index in [9.17, 15) is 0 Å². The van der Waals surface area contributed by atoms with Gasteiger partial charge in [-0.25, -0.2) is 4.85 Å².